The van der Waals surface area contributed by atoms with Crippen molar-refractivity contribution < 1.29 is 14.0 Å². The first-order chi connectivity index (χ1) is 15.7. The standard InChI is InChI=1S/C23H20FN5O4/c1-13-6-7-16(29-23(33)27-20(30)11-25-29)9-19(13)26-22(32)18-12-28(2)21(31)10-17(18)14-4-3-5-15(24)8-14/h3-9,11-12,17H,10H2,1-2H3,(H,26,32)(H,27,30,33). The molecule has 0 saturated carbocycles. The summed E-state index contributed by atoms with van der Waals surface area (Å²) in [5, 5.41) is 6.64. The number of H-pyrrole nitrogens is 1. The number of benzene rings is 2. The Morgan fingerprint density at radius 1 is 1.18 bits per heavy atom. The van der Waals surface area contributed by atoms with Gasteiger partial charge in [0.25, 0.3) is 11.5 Å². The Hall–Kier alpha value is -4.34. The molecular weight excluding hydrogens is 429 g/mol. The highest BCUT2D eigenvalue weighted by Gasteiger charge is 2.31. The Morgan fingerprint density at radius 2 is 1.97 bits per heavy atom. The Labute approximate surface area is 187 Å². The van der Waals surface area contributed by atoms with Crippen LogP contribution in [0.15, 0.2) is 70.0 Å². The number of amides is 2. The summed E-state index contributed by atoms with van der Waals surface area (Å²) < 4.78 is 14.8. The number of hydrogen-bond acceptors (Lipinski definition) is 5. The van der Waals surface area contributed by atoms with Crippen molar-refractivity contribution in [3.05, 3.63) is 98.2 Å². The fourth-order valence-corrected chi connectivity index (χ4v) is 3.64. The van der Waals surface area contributed by atoms with E-state index in [0.29, 0.717) is 28.1 Å². The number of aromatic nitrogens is 3. The fraction of sp³-hybridized carbons (Fsp3) is 0.174. The highest BCUT2D eigenvalue weighted by Crippen LogP contribution is 2.33. The molecule has 1 aliphatic rings. The molecule has 9 nitrogen and oxygen atoms in total. The van der Waals surface area contributed by atoms with Crippen molar-refractivity contribution in [3.63, 3.8) is 0 Å². The molecule has 0 aliphatic carbocycles. The number of hydrogen-bond donors (Lipinski definition) is 2. The minimum Gasteiger partial charge on any atom is -0.322 e. The third kappa shape index (κ3) is 4.49. The van der Waals surface area contributed by atoms with Crippen LogP contribution in [0.1, 0.15) is 23.5 Å². The van der Waals surface area contributed by atoms with E-state index in [1.165, 1.54) is 29.3 Å². The van der Waals surface area contributed by atoms with Gasteiger partial charge in [-0.3, -0.25) is 19.4 Å². The van der Waals surface area contributed by atoms with Crippen LogP contribution in [0.3, 0.4) is 0 Å². The SMILES string of the molecule is Cc1ccc(-n2ncc(=O)[nH]c2=O)cc1NC(=O)C1=CN(C)C(=O)CC1c1cccc(F)c1. The van der Waals surface area contributed by atoms with E-state index < -0.39 is 28.9 Å². The van der Waals surface area contributed by atoms with Crippen LogP contribution >= 0.6 is 0 Å². The van der Waals surface area contributed by atoms with Crippen molar-refractivity contribution in [1.29, 1.82) is 0 Å². The summed E-state index contributed by atoms with van der Waals surface area (Å²) in [5.74, 6) is -1.73. The predicted octanol–water partition coefficient (Wildman–Crippen LogP) is 1.84. The molecule has 0 bridgehead atoms. The van der Waals surface area contributed by atoms with Gasteiger partial charge in [0, 0.05) is 36.8 Å². The quantitative estimate of drug-likeness (QED) is 0.630. The molecule has 2 heterocycles. The van der Waals surface area contributed by atoms with Gasteiger partial charge < -0.3 is 10.2 Å². The maximum Gasteiger partial charge on any atom is 0.349 e. The molecule has 168 valence electrons. The number of anilines is 1. The van der Waals surface area contributed by atoms with E-state index >= 15 is 0 Å². The summed E-state index contributed by atoms with van der Waals surface area (Å²) in [6.45, 7) is 1.78. The Morgan fingerprint density at radius 3 is 2.70 bits per heavy atom. The van der Waals surface area contributed by atoms with Gasteiger partial charge in [-0.15, -0.1) is 0 Å². The molecule has 10 heteroatoms. The van der Waals surface area contributed by atoms with Gasteiger partial charge in [0.2, 0.25) is 5.91 Å². The molecule has 0 saturated heterocycles. The van der Waals surface area contributed by atoms with E-state index in [1.807, 2.05) is 0 Å². The number of rotatable bonds is 4. The highest BCUT2D eigenvalue weighted by molar-refractivity contribution is 6.06. The molecule has 1 aromatic heterocycles. The van der Waals surface area contributed by atoms with Crippen molar-refractivity contribution >= 4 is 17.5 Å². The molecule has 2 amide bonds. The molecule has 0 spiro atoms. The predicted molar refractivity (Wildman–Crippen MR) is 118 cm³/mol. The van der Waals surface area contributed by atoms with E-state index in [1.54, 1.807) is 38.2 Å². The molecule has 33 heavy (non-hydrogen) atoms. The van der Waals surface area contributed by atoms with Crippen molar-refractivity contribution in [2.75, 3.05) is 12.4 Å². The molecule has 4 rings (SSSR count). The van der Waals surface area contributed by atoms with E-state index in [0.717, 1.165) is 10.9 Å². The minimum atomic E-state index is -0.718. The van der Waals surface area contributed by atoms with Crippen molar-refractivity contribution in [3.8, 4) is 5.69 Å². The van der Waals surface area contributed by atoms with Crippen LogP contribution in [-0.2, 0) is 9.59 Å². The summed E-state index contributed by atoms with van der Waals surface area (Å²) in [7, 11) is 1.55. The monoisotopic (exact) mass is 449 g/mol. The molecule has 1 aliphatic heterocycles. The molecule has 3 aromatic rings. The smallest absolute Gasteiger partial charge is 0.322 e. The zero-order valence-electron chi connectivity index (χ0n) is 17.8. The third-order valence-corrected chi connectivity index (χ3v) is 5.42. The molecule has 1 unspecified atom stereocenters. The number of nitrogens with zero attached hydrogens (tertiary/aromatic N) is 3. The van der Waals surface area contributed by atoms with E-state index in [-0.39, 0.29) is 12.3 Å². The third-order valence-electron chi connectivity index (χ3n) is 5.42. The Balaban J connectivity index is 1.69. The van der Waals surface area contributed by atoms with Crippen LogP contribution in [0, 0.1) is 12.7 Å². The summed E-state index contributed by atoms with van der Waals surface area (Å²) in [6, 6.07) is 10.7. The zero-order chi connectivity index (χ0) is 23.7. The Bertz CT molecular complexity index is 1410. The van der Waals surface area contributed by atoms with Gasteiger partial charge in [-0.05, 0) is 42.3 Å². The largest absolute Gasteiger partial charge is 0.349 e. The van der Waals surface area contributed by atoms with E-state index in [4.69, 9.17) is 0 Å². The topological polar surface area (TPSA) is 117 Å². The number of carbonyl (C=O) groups excluding carboxylic acids is 2. The van der Waals surface area contributed by atoms with Crippen molar-refractivity contribution in [2.24, 2.45) is 0 Å². The molecule has 1 atom stereocenters. The van der Waals surface area contributed by atoms with Crippen molar-refractivity contribution in [2.45, 2.75) is 19.3 Å². The van der Waals surface area contributed by atoms with Crippen LogP contribution in [0.4, 0.5) is 10.1 Å². The molecule has 2 aromatic carbocycles. The summed E-state index contributed by atoms with van der Waals surface area (Å²) in [5.41, 5.74) is 0.944. The summed E-state index contributed by atoms with van der Waals surface area (Å²) >= 11 is 0. The number of carbonyl (C=O) groups is 2. The van der Waals surface area contributed by atoms with Crippen LogP contribution in [-0.4, -0.2) is 38.5 Å². The lowest BCUT2D eigenvalue weighted by Gasteiger charge is -2.28. The first-order valence-electron chi connectivity index (χ1n) is 10.1. The second-order valence-electron chi connectivity index (χ2n) is 7.70. The molecule has 2 N–H and O–H groups in total. The van der Waals surface area contributed by atoms with Crippen molar-refractivity contribution in [1.82, 2.24) is 19.7 Å². The van der Waals surface area contributed by atoms with Crippen LogP contribution in [0.5, 0.6) is 0 Å². The summed E-state index contributed by atoms with van der Waals surface area (Å²) in [4.78, 5) is 52.4. The first kappa shape index (κ1) is 21.9. The maximum absolute atomic E-state index is 13.8. The number of nitrogens with one attached hydrogen (secondary N) is 2. The average Bonchev–Trinajstić information content (AvgIpc) is 2.77. The lowest BCUT2D eigenvalue weighted by atomic mass is 9.85. The Kier molecular flexibility index (Phi) is 5.74. The van der Waals surface area contributed by atoms with Crippen LogP contribution in [0.25, 0.3) is 5.69 Å². The second kappa shape index (κ2) is 8.65. The molecule has 0 fully saturated rings. The lowest BCUT2D eigenvalue weighted by Crippen LogP contribution is -2.33. The summed E-state index contributed by atoms with van der Waals surface area (Å²) in [6.07, 6.45) is 2.45. The van der Waals surface area contributed by atoms with Gasteiger partial charge in [0.05, 0.1) is 5.69 Å². The number of halogens is 1. The van der Waals surface area contributed by atoms with E-state index in [2.05, 4.69) is 15.4 Å². The van der Waals surface area contributed by atoms with Gasteiger partial charge in [0.1, 0.15) is 12.0 Å². The van der Waals surface area contributed by atoms with Crippen LogP contribution < -0.4 is 16.6 Å². The normalized spacial score (nSPS) is 15.8. The molecular formula is C23H20FN5O4. The zero-order valence-corrected chi connectivity index (χ0v) is 17.8. The number of aromatic amines is 1. The lowest BCUT2D eigenvalue weighted by molar-refractivity contribution is -0.128. The van der Waals surface area contributed by atoms with Gasteiger partial charge in [0.15, 0.2) is 0 Å². The van der Waals surface area contributed by atoms with Gasteiger partial charge >= 0.3 is 5.69 Å². The fourth-order valence-electron chi connectivity index (χ4n) is 3.64. The first-order valence-corrected chi connectivity index (χ1v) is 10.1. The van der Waals surface area contributed by atoms with Gasteiger partial charge in [-0.25, -0.2) is 9.18 Å². The second-order valence-corrected chi connectivity index (χ2v) is 7.70. The minimum absolute atomic E-state index is 0.0227. The highest BCUT2D eigenvalue weighted by atomic mass is 19.1. The number of aryl methyl sites for hydroxylation is 1. The van der Waals surface area contributed by atoms with Gasteiger partial charge in [-0.1, -0.05) is 18.2 Å². The van der Waals surface area contributed by atoms with Crippen LogP contribution in [0.2, 0.25) is 0 Å². The van der Waals surface area contributed by atoms with E-state index in [9.17, 15) is 23.6 Å². The maximum atomic E-state index is 13.8. The molecule has 0 radical (unpaired) electrons. The average molecular weight is 449 g/mol. The van der Waals surface area contributed by atoms with Gasteiger partial charge in [-0.2, -0.15) is 9.78 Å².